The van der Waals surface area contributed by atoms with Gasteiger partial charge in [0, 0.05) is 24.3 Å². The highest BCUT2D eigenvalue weighted by Crippen LogP contribution is 2.32. The Morgan fingerprint density at radius 1 is 0.862 bits per heavy atom. The summed E-state index contributed by atoms with van der Waals surface area (Å²) in [7, 11) is 0. The zero-order valence-electron chi connectivity index (χ0n) is 15.8. The second kappa shape index (κ2) is 10.2. The molecule has 0 aliphatic carbocycles. The van der Waals surface area contributed by atoms with Crippen molar-refractivity contribution >= 4 is 58.0 Å². The Bertz CT molecular complexity index is 879. The van der Waals surface area contributed by atoms with Crippen LogP contribution in [0.2, 0.25) is 15.1 Å². The highest BCUT2D eigenvalue weighted by atomic mass is 35.5. The van der Waals surface area contributed by atoms with Gasteiger partial charge in [0.1, 0.15) is 0 Å². The molecule has 2 amide bonds. The average molecular weight is 455 g/mol. The topological polar surface area (TPSA) is 61.4 Å². The van der Waals surface area contributed by atoms with Crippen molar-refractivity contribution in [1.82, 2.24) is 4.90 Å². The molecule has 1 fully saturated rings. The molecule has 3 rings (SSSR count). The molecular formula is C21H22Cl3N3O2. The molecular weight excluding hydrogens is 433 g/mol. The monoisotopic (exact) mass is 453 g/mol. The number of carbonyl (C=O) groups excluding carboxylic acids is 2. The molecule has 2 aromatic carbocycles. The summed E-state index contributed by atoms with van der Waals surface area (Å²) in [4.78, 5) is 26.7. The Hall–Kier alpha value is -1.95. The highest BCUT2D eigenvalue weighted by molar-refractivity contribution is 6.44. The minimum absolute atomic E-state index is 0.00609. The molecule has 0 radical (unpaired) electrons. The molecule has 0 atom stereocenters. The molecule has 0 bridgehead atoms. The van der Waals surface area contributed by atoms with Crippen LogP contribution >= 0.6 is 34.8 Å². The van der Waals surface area contributed by atoms with Gasteiger partial charge in [-0.05, 0) is 49.2 Å². The van der Waals surface area contributed by atoms with Crippen LogP contribution in [-0.4, -0.2) is 36.3 Å². The molecule has 154 valence electrons. The lowest BCUT2D eigenvalue weighted by atomic mass is 10.1. The smallest absolute Gasteiger partial charge is 0.253 e. The third-order valence-electron chi connectivity index (χ3n) is 4.76. The van der Waals surface area contributed by atoms with Crippen molar-refractivity contribution in [3.63, 3.8) is 0 Å². The molecule has 1 saturated heterocycles. The average Bonchev–Trinajstić information content (AvgIpc) is 2.99. The first-order valence-corrected chi connectivity index (χ1v) is 10.6. The molecule has 1 aliphatic heterocycles. The summed E-state index contributed by atoms with van der Waals surface area (Å²) in [5.74, 6) is -0.209. The Morgan fingerprint density at radius 2 is 1.48 bits per heavy atom. The second-order valence-electron chi connectivity index (χ2n) is 6.93. The number of nitrogens with one attached hydrogen (secondary N) is 2. The second-order valence-corrected chi connectivity index (χ2v) is 8.15. The number of benzene rings is 2. The lowest BCUT2D eigenvalue weighted by Crippen LogP contribution is -2.31. The van der Waals surface area contributed by atoms with Gasteiger partial charge >= 0.3 is 0 Å². The van der Waals surface area contributed by atoms with Gasteiger partial charge in [0.05, 0.1) is 27.3 Å². The van der Waals surface area contributed by atoms with E-state index in [0.29, 0.717) is 32.0 Å². The van der Waals surface area contributed by atoms with Crippen molar-refractivity contribution in [2.24, 2.45) is 0 Å². The normalized spacial score (nSPS) is 14.2. The van der Waals surface area contributed by atoms with Crippen LogP contribution in [0.15, 0.2) is 36.4 Å². The number of likely N-dealkylation sites (tertiary alicyclic amines) is 1. The van der Waals surface area contributed by atoms with Crippen LogP contribution in [0.5, 0.6) is 0 Å². The van der Waals surface area contributed by atoms with Crippen molar-refractivity contribution in [3.8, 4) is 0 Å². The van der Waals surface area contributed by atoms with Crippen molar-refractivity contribution in [1.29, 1.82) is 0 Å². The fraction of sp³-hybridized carbons (Fsp3) is 0.333. The molecule has 1 aliphatic rings. The van der Waals surface area contributed by atoms with Gasteiger partial charge in [0.2, 0.25) is 5.91 Å². The first-order chi connectivity index (χ1) is 13.9. The van der Waals surface area contributed by atoms with E-state index in [-0.39, 0.29) is 18.4 Å². The van der Waals surface area contributed by atoms with Gasteiger partial charge in [-0.2, -0.15) is 0 Å². The van der Waals surface area contributed by atoms with Gasteiger partial charge in [-0.1, -0.05) is 47.6 Å². The zero-order chi connectivity index (χ0) is 20.8. The predicted molar refractivity (Wildman–Crippen MR) is 119 cm³/mol. The molecule has 0 saturated carbocycles. The van der Waals surface area contributed by atoms with Gasteiger partial charge in [-0.15, -0.1) is 0 Å². The fourth-order valence-electron chi connectivity index (χ4n) is 3.19. The number of hydrogen-bond donors (Lipinski definition) is 2. The van der Waals surface area contributed by atoms with E-state index < -0.39 is 0 Å². The Balaban J connectivity index is 1.54. The molecule has 1 heterocycles. The van der Waals surface area contributed by atoms with E-state index in [1.165, 1.54) is 18.9 Å². The third kappa shape index (κ3) is 6.01. The fourth-order valence-corrected chi connectivity index (χ4v) is 3.80. The van der Waals surface area contributed by atoms with Crippen LogP contribution in [0.1, 0.15) is 36.0 Å². The molecule has 0 spiro atoms. The van der Waals surface area contributed by atoms with Crippen molar-refractivity contribution in [3.05, 3.63) is 57.0 Å². The lowest BCUT2D eigenvalue weighted by molar-refractivity contribution is -0.114. The zero-order valence-corrected chi connectivity index (χ0v) is 18.1. The number of halogens is 3. The maximum Gasteiger partial charge on any atom is 0.253 e. The van der Waals surface area contributed by atoms with E-state index in [4.69, 9.17) is 34.8 Å². The SMILES string of the molecule is O=C(CNc1cc(Cl)c(Cl)cc1Cl)Nc1ccc(C(=O)N2CCCCCC2)cc1. The first-order valence-electron chi connectivity index (χ1n) is 9.51. The number of carbonyl (C=O) groups is 2. The molecule has 5 nitrogen and oxygen atoms in total. The lowest BCUT2D eigenvalue weighted by Gasteiger charge is -2.20. The summed E-state index contributed by atoms with van der Waals surface area (Å²) in [6.07, 6.45) is 4.46. The molecule has 8 heteroatoms. The quantitative estimate of drug-likeness (QED) is 0.569. The molecule has 2 N–H and O–H groups in total. The van der Waals surface area contributed by atoms with Crippen LogP contribution < -0.4 is 10.6 Å². The van der Waals surface area contributed by atoms with E-state index in [1.807, 2.05) is 4.90 Å². The van der Waals surface area contributed by atoms with Gasteiger partial charge in [-0.3, -0.25) is 9.59 Å². The van der Waals surface area contributed by atoms with E-state index in [2.05, 4.69) is 10.6 Å². The van der Waals surface area contributed by atoms with Crippen LogP contribution in [-0.2, 0) is 4.79 Å². The van der Waals surface area contributed by atoms with E-state index in [1.54, 1.807) is 30.3 Å². The number of amides is 2. The molecule has 0 unspecified atom stereocenters. The summed E-state index contributed by atoms with van der Waals surface area (Å²) >= 11 is 18.0. The summed E-state index contributed by atoms with van der Waals surface area (Å²) in [6.45, 7) is 1.62. The van der Waals surface area contributed by atoms with Gasteiger partial charge in [-0.25, -0.2) is 0 Å². The molecule has 2 aromatic rings. The van der Waals surface area contributed by atoms with Crippen LogP contribution in [0.25, 0.3) is 0 Å². The van der Waals surface area contributed by atoms with Gasteiger partial charge < -0.3 is 15.5 Å². The standard InChI is InChI=1S/C21H22Cl3N3O2/c22-16-11-18(24)19(12-17(16)23)25-13-20(28)26-15-7-5-14(6-8-15)21(29)27-9-3-1-2-4-10-27/h5-8,11-12,25H,1-4,9-10,13H2,(H,26,28). The number of hydrogen-bond acceptors (Lipinski definition) is 3. The summed E-state index contributed by atoms with van der Waals surface area (Å²) in [6, 6.07) is 10.0. The van der Waals surface area contributed by atoms with Crippen LogP contribution in [0.3, 0.4) is 0 Å². The van der Waals surface area contributed by atoms with Crippen molar-refractivity contribution < 1.29 is 9.59 Å². The van der Waals surface area contributed by atoms with Crippen molar-refractivity contribution in [2.75, 3.05) is 30.3 Å². The van der Waals surface area contributed by atoms with E-state index >= 15 is 0 Å². The van der Waals surface area contributed by atoms with E-state index in [0.717, 1.165) is 25.9 Å². The predicted octanol–water partition coefficient (Wildman–Crippen LogP) is 5.71. The largest absolute Gasteiger partial charge is 0.375 e. The minimum atomic E-state index is -0.251. The number of anilines is 2. The highest BCUT2D eigenvalue weighted by Gasteiger charge is 2.17. The third-order valence-corrected chi connectivity index (χ3v) is 5.79. The van der Waals surface area contributed by atoms with E-state index in [9.17, 15) is 9.59 Å². The van der Waals surface area contributed by atoms with Gasteiger partial charge in [0.15, 0.2) is 0 Å². The number of nitrogens with zero attached hydrogens (tertiary/aromatic N) is 1. The maximum absolute atomic E-state index is 12.6. The Kier molecular flexibility index (Phi) is 7.64. The first kappa shape index (κ1) is 21.8. The number of rotatable bonds is 5. The summed E-state index contributed by atoms with van der Waals surface area (Å²) in [5.41, 5.74) is 1.77. The van der Waals surface area contributed by atoms with Crippen molar-refractivity contribution in [2.45, 2.75) is 25.7 Å². The van der Waals surface area contributed by atoms with Crippen LogP contribution in [0, 0.1) is 0 Å². The van der Waals surface area contributed by atoms with Crippen LogP contribution in [0.4, 0.5) is 11.4 Å². The Morgan fingerprint density at radius 3 is 2.14 bits per heavy atom. The molecule has 29 heavy (non-hydrogen) atoms. The Labute approximate surface area is 185 Å². The minimum Gasteiger partial charge on any atom is -0.375 e. The molecule has 0 aromatic heterocycles. The van der Waals surface area contributed by atoms with Gasteiger partial charge in [0.25, 0.3) is 5.91 Å². The summed E-state index contributed by atoms with van der Waals surface area (Å²) < 4.78 is 0. The maximum atomic E-state index is 12.6. The summed E-state index contributed by atoms with van der Waals surface area (Å²) in [5, 5.41) is 6.79.